The molecule has 2 aromatic rings. The quantitative estimate of drug-likeness (QED) is 0.795. The first-order valence-corrected chi connectivity index (χ1v) is 9.21. The van der Waals surface area contributed by atoms with E-state index in [0.717, 1.165) is 22.4 Å². The average Bonchev–Trinajstić information content (AvgIpc) is 3.39. The van der Waals surface area contributed by atoms with Crippen LogP contribution in [-0.4, -0.2) is 18.9 Å². The highest BCUT2D eigenvalue weighted by atomic mass is 35.5. The summed E-state index contributed by atoms with van der Waals surface area (Å²) in [5.74, 6) is -0.466. The predicted octanol–water partition coefficient (Wildman–Crippen LogP) is 4.49. The Balaban J connectivity index is 1.65. The van der Waals surface area contributed by atoms with E-state index in [9.17, 15) is 9.59 Å². The fraction of sp³-hybridized carbons (Fsp3) is 0.333. The molecule has 2 atom stereocenters. The Morgan fingerprint density at radius 1 is 1.00 bits per heavy atom. The minimum Gasteiger partial charge on any atom is -0.495 e. The number of anilines is 2. The number of methoxy groups -OCH3 is 1. The molecule has 1 saturated carbocycles. The average molecular weight is 387 g/mol. The number of aryl methyl sites for hydroxylation is 3. The summed E-state index contributed by atoms with van der Waals surface area (Å²) >= 11 is 5.99. The largest absolute Gasteiger partial charge is 0.495 e. The number of nitrogens with one attached hydrogen (secondary N) is 2. The smallest absolute Gasteiger partial charge is 0.228 e. The van der Waals surface area contributed by atoms with Crippen LogP contribution in [0.2, 0.25) is 5.02 Å². The summed E-state index contributed by atoms with van der Waals surface area (Å²) in [4.78, 5) is 25.1. The summed E-state index contributed by atoms with van der Waals surface area (Å²) in [6.45, 7) is 5.97. The van der Waals surface area contributed by atoms with Gasteiger partial charge in [0.25, 0.3) is 0 Å². The number of carbonyl (C=O) groups excluding carboxylic acids is 2. The molecule has 1 fully saturated rings. The number of hydrogen-bond acceptors (Lipinski definition) is 3. The van der Waals surface area contributed by atoms with E-state index in [0.29, 0.717) is 22.9 Å². The Morgan fingerprint density at radius 3 is 2.19 bits per heavy atom. The van der Waals surface area contributed by atoms with Crippen LogP contribution in [0.5, 0.6) is 5.75 Å². The Morgan fingerprint density at radius 2 is 1.59 bits per heavy atom. The van der Waals surface area contributed by atoms with Crippen molar-refractivity contribution < 1.29 is 14.3 Å². The van der Waals surface area contributed by atoms with Crippen molar-refractivity contribution in [1.82, 2.24) is 0 Å². The van der Waals surface area contributed by atoms with Crippen molar-refractivity contribution in [2.45, 2.75) is 27.2 Å². The highest BCUT2D eigenvalue weighted by Gasteiger charge is 2.48. The number of rotatable bonds is 5. The summed E-state index contributed by atoms with van der Waals surface area (Å²) in [6.07, 6.45) is 0.532. The second kappa shape index (κ2) is 7.61. The van der Waals surface area contributed by atoms with Crippen molar-refractivity contribution in [2.24, 2.45) is 11.8 Å². The molecule has 2 unspecified atom stereocenters. The predicted molar refractivity (Wildman–Crippen MR) is 108 cm³/mol. The second-order valence-corrected chi connectivity index (χ2v) is 7.48. The number of benzene rings is 2. The normalized spacial score (nSPS) is 18.0. The van der Waals surface area contributed by atoms with Crippen molar-refractivity contribution in [3.8, 4) is 5.75 Å². The third-order valence-electron chi connectivity index (χ3n) is 4.81. The molecule has 5 nitrogen and oxygen atoms in total. The number of hydrogen-bond donors (Lipinski definition) is 2. The SMILES string of the molecule is COc1ccc(Cl)cc1NC(=O)C1CC1C(=O)Nc1c(C)cc(C)cc1C. The molecule has 142 valence electrons. The zero-order chi connectivity index (χ0) is 19.7. The molecular formula is C21H23ClN2O3. The van der Waals surface area contributed by atoms with E-state index in [1.807, 2.05) is 32.9 Å². The maximum Gasteiger partial charge on any atom is 0.228 e. The van der Waals surface area contributed by atoms with Gasteiger partial charge in [-0.2, -0.15) is 0 Å². The summed E-state index contributed by atoms with van der Waals surface area (Å²) in [7, 11) is 1.53. The van der Waals surface area contributed by atoms with Crippen LogP contribution in [0.1, 0.15) is 23.1 Å². The van der Waals surface area contributed by atoms with Gasteiger partial charge in [0.15, 0.2) is 0 Å². The number of amides is 2. The fourth-order valence-corrected chi connectivity index (χ4v) is 3.54. The van der Waals surface area contributed by atoms with Crippen LogP contribution < -0.4 is 15.4 Å². The van der Waals surface area contributed by atoms with Crippen LogP contribution in [0.4, 0.5) is 11.4 Å². The summed E-state index contributed by atoms with van der Waals surface area (Å²) < 4.78 is 5.24. The molecule has 1 aliphatic rings. The number of ether oxygens (including phenoxy) is 1. The first kappa shape index (κ1) is 19.2. The van der Waals surface area contributed by atoms with Crippen LogP contribution in [0, 0.1) is 32.6 Å². The van der Waals surface area contributed by atoms with Crippen LogP contribution in [-0.2, 0) is 9.59 Å². The van der Waals surface area contributed by atoms with E-state index >= 15 is 0 Å². The molecule has 0 spiro atoms. The lowest BCUT2D eigenvalue weighted by molar-refractivity contribution is -0.122. The minimum atomic E-state index is -0.347. The molecule has 2 N–H and O–H groups in total. The van der Waals surface area contributed by atoms with Gasteiger partial charge >= 0.3 is 0 Å². The molecule has 0 radical (unpaired) electrons. The first-order valence-electron chi connectivity index (χ1n) is 8.83. The van der Waals surface area contributed by atoms with E-state index in [1.165, 1.54) is 7.11 Å². The van der Waals surface area contributed by atoms with Gasteiger partial charge in [-0.05, 0) is 56.5 Å². The molecule has 0 saturated heterocycles. The third kappa shape index (κ3) is 4.25. The van der Waals surface area contributed by atoms with E-state index in [1.54, 1.807) is 18.2 Å². The van der Waals surface area contributed by atoms with Gasteiger partial charge in [0.1, 0.15) is 5.75 Å². The molecule has 27 heavy (non-hydrogen) atoms. The van der Waals surface area contributed by atoms with E-state index in [-0.39, 0.29) is 23.7 Å². The van der Waals surface area contributed by atoms with Crippen molar-refractivity contribution >= 4 is 34.8 Å². The topological polar surface area (TPSA) is 67.4 Å². The van der Waals surface area contributed by atoms with Gasteiger partial charge in [-0.1, -0.05) is 29.3 Å². The van der Waals surface area contributed by atoms with E-state index in [4.69, 9.17) is 16.3 Å². The van der Waals surface area contributed by atoms with E-state index < -0.39 is 0 Å². The van der Waals surface area contributed by atoms with E-state index in [2.05, 4.69) is 10.6 Å². The maximum absolute atomic E-state index is 12.6. The third-order valence-corrected chi connectivity index (χ3v) is 5.04. The van der Waals surface area contributed by atoms with Crippen LogP contribution in [0.3, 0.4) is 0 Å². The molecule has 0 heterocycles. The Bertz CT molecular complexity index is 887. The zero-order valence-electron chi connectivity index (χ0n) is 15.9. The van der Waals surface area contributed by atoms with Gasteiger partial charge in [-0.15, -0.1) is 0 Å². The Kier molecular flexibility index (Phi) is 5.42. The van der Waals surface area contributed by atoms with Crippen LogP contribution in [0.15, 0.2) is 30.3 Å². The molecule has 1 aliphatic carbocycles. The van der Waals surface area contributed by atoms with Gasteiger partial charge in [0, 0.05) is 10.7 Å². The van der Waals surface area contributed by atoms with Gasteiger partial charge in [-0.3, -0.25) is 9.59 Å². The fourth-order valence-electron chi connectivity index (χ4n) is 3.37. The molecule has 6 heteroatoms. The molecular weight excluding hydrogens is 364 g/mol. The lowest BCUT2D eigenvalue weighted by atomic mass is 10.0. The minimum absolute atomic E-state index is 0.122. The molecule has 0 bridgehead atoms. The van der Waals surface area contributed by atoms with Crippen LogP contribution >= 0.6 is 11.6 Å². The van der Waals surface area contributed by atoms with Gasteiger partial charge in [0.05, 0.1) is 24.6 Å². The lowest BCUT2D eigenvalue weighted by Gasteiger charge is -2.13. The summed E-state index contributed by atoms with van der Waals surface area (Å²) in [5.41, 5.74) is 4.53. The molecule has 0 aromatic heterocycles. The van der Waals surface area contributed by atoms with Crippen molar-refractivity contribution in [1.29, 1.82) is 0 Å². The monoisotopic (exact) mass is 386 g/mol. The Labute approximate surface area is 164 Å². The Hall–Kier alpha value is -2.53. The molecule has 3 rings (SSSR count). The molecule has 2 amide bonds. The standard InChI is InChI=1S/C21H23ClN2O3/c1-11-7-12(2)19(13(3)8-11)24-21(26)16-10-15(16)20(25)23-17-9-14(22)5-6-18(17)27-4/h5-9,15-16H,10H2,1-4H3,(H,23,25)(H,24,26). The van der Waals surface area contributed by atoms with Crippen molar-refractivity contribution in [3.05, 3.63) is 52.0 Å². The highest BCUT2D eigenvalue weighted by Crippen LogP contribution is 2.41. The maximum atomic E-state index is 12.6. The highest BCUT2D eigenvalue weighted by molar-refractivity contribution is 6.31. The molecule has 0 aliphatic heterocycles. The van der Waals surface area contributed by atoms with Gasteiger partial charge in [0.2, 0.25) is 11.8 Å². The van der Waals surface area contributed by atoms with Gasteiger partial charge < -0.3 is 15.4 Å². The molecule has 2 aromatic carbocycles. The number of carbonyl (C=O) groups is 2. The lowest BCUT2D eigenvalue weighted by Crippen LogP contribution is -2.21. The van der Waals surface area contributed by atoms with Gasteiger partial charge in [-0.25, -0.2) is 0 Å². The summed E-state index contributed by atoms with van der Waals surface area (Å²) in [6, 6.07) is 9.08. The second-order valence-electron chi connectivity index (χ2n) is 7.05. The number of halogens is 1. The van der Waals surface area contributed by atoms with Crippen molar-refractivity contribution in [2.75, 3.05) is 17.7 Å². The first-order chi connectivity index (χ1) is 12.8. The summed E-state index contributed by atoms with van der Waals surface area (Å²) in [5, 5.41) is 6.30. The van der Waals surface area contributed by atoms with Crippen molar-refractivity contribution in [3.63, 3.8) is 0 Å². The zero-order valence-corrected chi connectivity index (χ0v) is 16.6. The van der Waals surface area contributed by atoms with Crippen LogP contribution in [0.25, 0.3) is 0 Å².